The second-order valence-corrected chi connectivity index (χ2v) is 9.26. The van der Waals surface area contributed by atoms with E-state index in [0.29, 0.717) is 12.8 Å². The van der Waals surface area contributed by atoms with Crippen molar-refractivity contribution in [3.05, 3.63) is 22.3 Å². The Labute approximate surface area is 209 Å². The maximum atomic E-state index is 12.9. The molecule has 0 radical (unpaired) electrons. The van der Waals surface area contributed by atoms with Gasteiger partial charge in [0.05, 0.1) is 5.94 Å². The van der Waals surface area contributed by atoms with Gasteiger partial charge in [0.2, 0.25) is 5.91 Å². The van der Waals surface area contributed by atoms with E-state index in [1.165, 1.54) is 31.8 Å². The molecule has 11 nitrogen and oxygen atoms in total. The van der Waals surface area contributed by atoms with Gasteiger partial charge in [-0.05, 0) is 44.1 Å². The number of ketones is 1. The Balaban J connectivity index is 4.93. The van der Waals surface area contributed by atoms with Crippen molar-refractivity contribution in [2.75, 3.05) is 6.54 Å². The van der Waals surface area contributed by atoms with Crippen molar-refractivity contribution in [3.8, 4) is 0 Å². The number of carbonyl (C=O) groups excluding carboxylic acids is 2. The highest BCUT2D eigenvalue weighted by atomic mass is 16.7. The van der Waals surface area contributed by atoms with Crippen LogP contribution < -0.4 is 16.5 Å². The fourth-order valence-electron chi connectivity index (χ4n) is 3.62. The number of allylic oxidation sites excluding steroid dienone is 2. The summed E-state index contributed by atoms with van der Waals surface area (Å²) in [7, 11) is -1.72. The van der Waals surface area contributed by atoms with Crippen molar-refractivity contribution in [2.45, 2.75) is 97.3 Å². The number of nitrogens with zero attached hydrogens (tertiary/aromatic N) is 2. The van der Waals surface area contributed by atoms with Crippen molar-refractivity contribution in [1.29, 1.82) is 0 Å². The number of carbonyl (C=O) groups is 2. The highest BCUT2D eigenvalue weighted by molar-refractivity contribution is 6.43. The molecule has 0 aromatic rings. The van der Waals surface area contributed by atoms with Crippen LogP contribution in [0.2, 0.25) is 0 Å². The minimum atomic E-state index is -1.72. The summed E-state index contributed by atoms with van der Waals surface area (Å²) >= 11 is 0. The van der Waals surface area contributed by atoms with Gasteiger partial charge in [-0.25, -0.2) is 15.1 Å². The van der Waals surface area contributed by atoms with Crippen LogP contribution in [-0.2, 0) is 9.59 Å². The Morgan fingerprint density at radius 3 is 2.40 bits per heavy atom. The van der Waals surface area contributed by atoms with Gasteiger partial charge in [0.25, 0.3) is 5.96 Å². The molecular weight excluding hydrogens is 453 g/mol. The van der Waals surface area contributed by atoms with Crippen LogP contribution in [0.4, 0.5) is 0 Å². The lowest BCUT2D eigenvalue weighted by atomic mass is 9.74. The maximum absolute atomic E-state index is 12.9. The van der Waals surface area contributed by atoms with E-state index < -0.39 is 29.9 Å². The number of nitrogens with one attached hydrogen (secondary N) is 2. The quantitative estimate of drug-likeness (QED) is 0.0323. The smallest absolute Gasteiger partial charge is 0.426 e. The zero-order valence-corrected chi connectivity index (χ0v) is 21.4. The number of hydrogen-bond donors (Lipinski definition) is 5. The van der Waals surface area contributed by atoms with Crippen molar-refractivity contribution in [3.63, 3.8) is 0 Å². The van der Waals surface area contributed by atoms with Crippen LogP contribution >= 0.6 is 0 Å². The number of nitro groups is 1. The molecule has 0 spiro atoms. The van der Waals surface area contributed by atoms with Crippen molar-refractivity contribution >= 4 is 24.8 Å². The van der Waals surface area contributed by atoms with Gasteiger partial charge in [-0.15, -0.1) is 0 Å². The van der Waals surface area contributed by atoms with Gasteiger partial charge in [0, 0.05) is 18.9 Å². The highest BCUT2D eigenvalue weighted by Crippen LogP contribution is 2.16. The van der Waals surface area contributed by atoms with Crippen LogP contribution in [0.1, 0.15) is 91.4 Å². The monoisotopic (exact) mass is 497 g/mol. The molecule has 0 bridgehead atoms. The van der Waals surface area contributed by atoms with Crippen LogP contribution in [0.15, 0.2) is 17.1 Å². The van der Waals surface area contributed by atoms with Gasteiger partial charge >= 0.3 is 7.12 Å². The molecule has 6 N–H and O–H groups in total. The molecule has 0 aromatic carbocycles. The van der Waals surface area contributed by atoms with Gasteiger partial charge in [0.15, 0.2) is 10.8 Å². The second-order valence-electron chi connectivity index (χ2n) is 9.26. The third kappa shape index (κ3) is 18.5. The molecule has 1 amide bonds. The minimum Gasteiger partial charge on any atom is -0.426 e. The first-order chi connectivity index (χ1) is 16.6. The molecule has 0 unspecified atom stereocenters. The summed E-state index contributed by atoms with van der Waals surface area (Å²) in [5.74, 6) is -2.39. The fourth-order valence-corrected chi connectivity index (χ4v) is 3.62. The summed E-state index contributed by atoms with van der Waals surface area (Å²) in [5.41, 5.74) is 7.13. The van der Waals surface area contributed by atoms with Crippen LogP contribution in [0.5, 0.6) is 0 Å². The number of unbranched alkanes of at least 4 members (excludes halogenated alkanes) is 6. The normalized spacial score (nSPS) is 13.6. The predicted molar refractivity (Wildman–Crippen MR) is 138 cm³/mol. The Morgan fingerprint density at radius 1 is 1.14 bits per heavy atom. The first kappa shape index (κ1) is 32.5. The van der Waals surface area contributed by atoms with E-state index in [2.05, 4.69) is 17.2 Å². The number of rotatable bonds is 20. The summed E-state index contributed by atoms with van der Waals surface area (Å²) < 4.78 is 0. The van der Waals surface area contributed by atoms with Crippen LogP contribution in [0, 0.1) is 22.0 Å². The Morgan fingerprint density at radius 2 is 1.80 bits per heavy atom. The number of amides is 1. The van der Waals surface area contributed by atoms with Crippen molar-refractivity contribution < 1.29 is 24.7 Å². The van der Waals surface area contributed by atoms with E-state index >= 15 is 0 Å². The van der Waals surface area contributed by atoms with Crippen molar-refractivity contribution in [1.82, 2.24) is 10.7 Å². The van der Waals surface area contributed by atoms with Gasteiger partial charge in [-0.1, -0.05) is 64.4 Å². The topological polar surface area (TPSA) is 180 Å². The molecule has 0 aliphatic carbocycles. The largest absolute Gasteiger partial charge is 0.475 e. The zero-order valence-electron chi connectivity index (χ0n) is 21.4. The summed E-state index contributed by atoms with van der Waals surface area (Å²) in [6.45, 7) is 6.11. The third-order valence-corrected chi connectivity index (χ3v) is 5.46. The lowest BCUT2D eigenvalue weighted by molar-refractivity contribution is -0.525. The first-order valence-electron chi connectivity index (χ1n) is 12.6. The SMILES string of the molecule is CCCCCCCC/C=C/C(=O)C[C@@H](CCCN=C(N)N[N+](=O)[O-])C(=O)N[C@@H](CC(C)C)B(O)O. The van der Waals surface area contributed by atoms with Gasteiger partial charge in [0.1, 0.15) is 0 Å². The summed E-state index contributed by atoms with van der Waals surface area (Å²) in [4.78, 5) is 39.6. The van der Waals surface area contributed by atoms with Crippen LogP contribution in [0.3, 0.4) is 0 Å². The van der Waals surface area contributed by atoms with E-state index in [9.17, 15) is 29.8 Å². The molecule has 0 aliphatic heterocycles. The van der Waals surface area contributed by atoms with Gasteiger partial charge in [-0.2, -0.15) is 0 Å². The summed E-state index contributed by atoms with van der Waals surface area (Å²) in [6.07, 6.45) is 12.2. The molecular formula is C23H44BN5O6. The molecule has 0 saturated carbocycles. The minimum absolute atomic E-state index is 0.0267. The summed E-state index contributed by atoms with van der Waals surface area (Å²) in [5, 5.41) is 31.5. The number of guanidine groups is 1. The lowest BCUT2D eigenvalue weighted by Gasteiger charge is -2.23. The summed E-state index contributed by atoms with van der Waals surface area (Å²) in [6, 6.07) is 0. The molecule has 200 valence electrons. The Bertz CT molecular complexity index is 687. The molecule has 0 fully saturated rings. The molecule has 0 heterocycles. The molecule has 0 rings (SSSR count). The molecule has 0 aromatic heterocycles. The lowest BCUT2D eigenvalue weighted by Crippen LogP contribution is -2.49. The van der Waals surface area contributed by atoms with Crippen LogP contribution in [-0.4, -0.2) is 52.3 Å². The van der Waals surface area contributed by atoms with E-state index in [0.717, 1.165) is 19.3 Å². The number of hydrazine groups is 1. The fraction of sp³-hybridized carbons (Fsp3) is 0.783. The molecule has 2 atom stereocenters. The van der Waals surface area contributed by atoms with E-state index in [-0.39, 0.29) is 37.0 Å². The molecule has 0 aliphatic rings. The third-order valence-electron chi connectivity index (χ3n) is 5.46. The highest BCUT2D eigenvalue weighted by Gasteiger charge is 2.29. The second kappa shape index (κ2) is 19.8. The van der Waals surface area contributed by atoms with Gasteiger partial charge in [-0.3, -0.25) is 9.59 Å². The average molecular weight is 497 g/mol. The van der Waals surface area contributed by atoms with E-state index in [1.54, 1.807) is 5.43 Å². The number of nitrogens with two attached hydrogens (primary N) is 1. The predicted octanol–water partition coefficient (Wildman–Crippen LogP) is 2.29. The Kier molecular flexibility index (Phi) is 18.4. The zero-order chi connectivity index (χ0) is 26.6. The molecule has 0 saturated heterocycles. The standard InChI is InChI=1S/C23H44BN5O6/c1-4-5-6-7-8-9-10-11-14-20(30)17-19(13-12-15-26-23(25)28-29(34)35)22(31)27-21(24(32)33)16-18(2)3/h11,14,18-19,21,32-33H,4-10,12-13,15-17H2,1-3H3,(H,27,31)(H3,25,26,28)/b14-11+/t19-,21+/m1/s1. The Hall–Kier alpha value is -2.47. The van der Waals surface area contributed by atoms with E-state index in [1.807, 2.05) is 19.9 Å². The number of hydrogen-bond acceptors (Lipinski definition) is 7. The van der Waals surface area contributed by atoms with E-state index in [4.69, 9.17) is 5.73 Å². The average Bonchev–Trinajstić information content (AvgIpc) is 2.76. The molecule has 12 heteroatoms. The number of aliphatic imine (C=N–C) groups is 1. The van der Waals surface area contributed by atoms with Gasteiger partial charge < -0.3 is 21.1 Å². The van der Waals surface area contributed by atoms with Crippen molar-refractivity contribution in [2.24, 2.45) is 22.6 Å². The molecule has 35 heavy (non-hydrogen) atoms. The van der Waals surface area contributed by atoms with Crippen LogP contribution in [0.25, 0.3) is 0 Å². The maximum Gasteiger partial charge on any atom is 0.475 e. The first-order valence-corrected chi connectivity index (χ1v) is 12.6.